The van der Waals surface area contributed by atoms with Gasteiger partial charge in [0.25, 0.3) is 10.0 Å². The number of hydrogen-bond acceptors (Lipinski definition) is 5. The number of carbonyl (C=O) groups excluding carboxylic acids is 2. The minimum absolute atomic E-state index is 0.00231. The minimum atomic E-state index is -4.16. The van der Waals surface area contributed by atoms with Gasteiger partial charge in [0.05, 0.1) is 17.7 Å². The van der Waals surface area contributed by atoms with E-state index in [2.05, 4.69) is 5.32 Å². The molecule has 0 aliphatic heterocycles. The summed E-state index contributed by atoms with van der Waals surface area (Å²) in [6.45, 7) is 6.96. The SMILES string of the molecule is CCC(C(=O)NC(C)C)N(Cc1ccc(OC)cc1)C(=O)CN(c1cccc(C)c1)S(=O)(=O)c1ccc(Cl)cc1. The first-order chi connectivity index (χ1) is 19.0. The molecule has 0 heterocycles. The molecule has 2 amide bonds. The Bertz CT molecular complexity index is 1410. The molecule has 214 valence electrons. The van der Waals surface area contributed by atoms with E-state index >= 15 is 0 Å². The summed E-state index contributed by atoms with van der Waals surface area (Å²) in [6, 6.07) is 19.0. The van der Waals surface area contributed by atoms with Gasteiger partial charge in [-0.25, -0.2) is 8.42 Å². The van der Waals surface area contributed by atoms with E-state index in [0.717, 1.165) is 15.4 Å². The molecular formula is C30H36ClN3O5S. The van der Waals surface area contributed by atoms with E-state index in [1.54, 1.807) is 37.4 Å². The molecule has 1 atom stereocenters. The molecule has 1 unspecified atom stereocenters. The van der Waals surface area contributed by atoms with Crippen molar-refractivity contribution in [1.29, 1.82) is 0 Å². The van der Waals surface area contributed by atoms with E-state index < -0.39 is 28.5 Å². The van der Waals surface area contributed by atoms with E-state index in [1.165, 1.54) is 29.2 Å². The fourth-order valence-corrected chi connectivity index (χ4v) is 5.81. The zero-order valence-electron chi connectivity index (χ0n) is 23.4. The molecule has 0 saturated carbocycles. The third-order valence-electron chi connectivity index (χ3n) is 6.30. The van der Waals surface area contributed by atoms with Gasteiger partial charge in [0.2, 0.25) is 11.8 Å². The molecular weight excluding hydrogens is 550 g/mol. The van der Waals surface area contributed by atoms with Crippen LogP contribution in [-0.4, -0.2) is 50.9 Å². The molecule has 8 nitrogen and oxygen atoms in total. The fourth-order valence-electron chi connectivity index (χ4n) is 4.27. The van der Waals surface area contributed by atoms with Crippen molar-refractivity contribution in [2.24, 2.45) is 0 Å². The largest absolute Gasteiger partial charge is 0.497 e. The summed E-state index contributed by atoms with van der Waals surface area (Å²) >= 11 is 6.00. The van der Waals surface area contributed by atoms with Crippen LogP contribution in [0.5, 0.6) is 5.75 Å². The molecule has 1 N–H and O–H groups in total. The van der Waals surface area contributed by atoms with Gasteiger partial charge in [-0.2, -0.15) is 0 Å². The van der Waals surface area contributed by atoms with Gasteiger partial charge in [-0.1, -0.05) is 42.8 Å². The summed E-state index contributed by atoms with van der Waals surface area (Å²) in [5.41, 5.74) is 1.94. The van der Waals surface area contributed by atoms with Gasteiger partial charge in [0.1, 0.15) is 18.3 Å². The predicted molar refractivity (Wildman–Crippen MR) is 158 cm³/mol. The highest BCUT2D eigenvalue weighted by Gasteiger charge is 2.34. The van der Waals surface area contributed by atoms with Crippen molar-refractivity contribution in [3.8, 4) is 5.75 Å². The average molecular weight is 586 g/mol. The quantitative estimate of drug-likeness (QED) is 0.316. The van der Waals surface area contributed by atoms with Gasteiger partial charge < -0.3 is 15.0 Å². The van der Waals surface area contributed by atoms with Crippen molar-refractivity contribution in [2.75, 3.05) is 18.0 Å². The standard InChI is InChI=1S/C30H36ClN3O5S/c1-6-28(30(36)32-21(2)3)33(19-23-10-14-26(39-5)15-11-23)29(35)20-34(25-9-7-8-22(4)18-25)40(37,38)27-16-12-24(31)13-17-27/h7-18,21,28H,6,19-20H2,1-5H3,(H,32,36). The highest BCUT2D eigenvalue weighted by atomic mass is 35.5. The molecule has 0 aromatic heterocycles. The molecule has 3 aromatic carbocycles. The first kappa shape index (κ1) is 31.0. The Balaban J connectivity index is 2.06. The maximum Gasteiger partial charge on any atom is 0.264 e. The van der Waals surface area contributed by atoms with Crippen LogP contribution in [0.4, 0.5) is 5.69 Å². The highest BCUT2D eigenvalue weighted by molar-refractivity contribution is 7.92. The lowest BCUT2D eigenvalue weighted by Crippen LogP contribution is -2.53. The van der Waals surface area contributed by atoms with Crippen molar-refractivity contribution in [1.82, 2.24) is 10.2 Å². The first-order valence-electron chi connectivity index (χ1n) is 13.0. The van der Waals surface area contributed by atoms with Crippen LogP contribution in [0.15, 0.2) is 77.7 Å². The summed E-state index contributed by atoms with van der Waals surface area (Å²) in [6.07, 6.45) is 0.342. The number of rotatable bonds is 12. The molecule has 0 fully saturated rings. The lowest BCUT2D eigenvalue weighted by molar-refractivity contribution is -0.140. The summed E-state index contributed by atoms with van der Waals surface area (Å²) < 4.78 is 34.1. The number of ether oxygens (including phenoxy) is 1. The fraction of sp³-hybridized carbons (Fsp3) is 0.333. The number of aryl methyl sites for hydroxylation is 1. The van der Waals surface area contributed by atoms with Gasteiger partial charge in [-0.05, 0) is 86.8 Å². The average Bonchev–Trinajstić information content (AvgIpc) is 2.91. The number of benzene rings is 3. The van der Waals surface area contributed by atoms with E-state index in [9.17, 15) is 18.0 Å². The highest BCUT2D eigenvalue weighted by Crippen LogP contribution is 2.26. The van der Waals surface area contributed by atoms with Crippen LogP contribution in [-0.2, 0) is 26.2 Å². The smallest absolute Gasteiger partial charge is 0.264 e. The van der Waals surface area contributed by atoms with Crippen LogP contribution in [0.3, 0.4) is 0 Å². The third-order valence-corrected chi connectivity index (χ3v) is 8.34. The Morgan fingerprint density at radius 1 is 1.00 bits per heavy atom. The molecule has 3 aromatic rings. The second-order valence-electron chi connectivity index (χ2n) is 9.76. The van der Waals surface area contributed by atoms with Crippen LogP contribution in [0, 0.1) is 6.92 Å². The van der Waals surface area contributed by atoms with Gasteiger partial charge >= 0.3 is 0 Å². The molecule has 0 radical (unpaired) electrons. The predicted octanol–water partition coefficient (Wildman–Crippen LogP) is 5.18. The van der Waals surface area contributed by atoms with Crippen molar-refractivity contribution < 1.29 is 22.7 Å². The maximum absolute atomic E-state index is 14.1. The second-order valence-corrected chi connectivity index (χ2v) is 12.1. The van der Waals surface area contributed by atoms with Gasteiger partial charge in [-0.15, -0.1) is 0 Å². The number of hydrogen-bond donors (Lipinski definition) is 1. The molecule has 10 heteroatoms. The number of nitrogens with zero attached hydrogens (tertiary/aromatic N) is 2. The molecule has 3 rings (SSSR count). The van der Waals surface area contributed by atoms with Gasteiger partial charge in [0.15, 0.2) is 0 Å². The van der Waals surface area contributed by atoms with E-state index in [4.69, 9.17) is 16.3 Å². The van der Waals surface area contributed by atoms with Crippen molar-refractivity contribution in [3.63, 3.8) is 0 Å². The van der Waals surface area contributed by atoms with Crippen LogP contribution < -0.4 is 14.4 Å². The van der Waals surface area contributed by atoms with E-state index in [-0.39, 0.29) is 23.4 Å². The maximum atomic E-state index is 14.1. The monoisotopic (exact) mass is 585 g/mol. The van der Waals surface area contributed by atoms with E-state index in [0.29, 0.717) is 22.9 Å². The number of nitrogens with one attached hydrogen (secondary N) is 1. The lowest BCUT2D eigenvalue weighted by atomic mass is 10.1. The summed E-state index contributed by atoms with van der Waals surface area (Å²) in [7, 11) is -2.59. The van der Waals surface area contributed by atoms with Crippen LogP contribution in [0.25, 0.3) is 0 Å². The Kier molecular flexibility index (Phi) is 10.6. The van der Waals surface area contributed by atoms with Crippen molar-refractivity contribution in [3.05, 3.63) is 88.9 Å². The third kappa shape index (κ3) is 7.76. The second kappa shape index (κ2) is 13.7. The molecule has 0 saturated heterocycles. The van der Waals surface area contributed by atoms with Crippen molar-refractivity contribution in [2.45, 2.75) is 57.6 Å². The number of anilines is 1. The minimum Gasteiger partial charge on any atom is -0.497 e. The number of carbonyl (C=O) groups is 2. The molecule has 0 spiro atoms. The zero-order chi connectivity index (χ0) is 29.4. The topological polar surface area (TPSA) is 96.0 Å². The Morgan fingerprint density at radius 2 is 1.65 bits per heavy atom. The molecule has 0 aliphatic carbocycles. The Hall–Kier alpha value is -3.56. The molecule has 0 aliphatic rings. The Labute approximate surface area is 241 Å². The van der Waals surface area contributed by atoms with Crippen LogP contribution in [0.2, 0.25) is 5.02 Å². The van der Waals surface area contributed by atoms with Gasteiger partial charge in [-0.3, -0.25) is 13.9 Å². The van der Waals surface area contributed by atoms with Crippen LogP contribution >= 0.6 is 11.6 Å². The summed E-state index contributed by atoms with van der Waals surface area (Å²) in [5, 5.41) is 3.28. The zero-order valence-corrected chi connectivity index (χ0v) is 25.0. The number of sulfonamides is 1. The summed E-state index contributed by atoms with van der Waals surface area (Å²) in [5.74, 6) is -0.159. The normalized spacial score (nSPS) is 12.1. The summed E-state index contributed by atoms with van der Waals surface area (Å²) in [4.78, 5) is 28.7. The van der Waals surface area contributed by atoms with Crippen LogP contribution in [0.1, 0.15) is 38.3 Å². The lowest BCUT2D eigenvalue weighted by Gasteiger charge is -2.33. The molecule has 0 bridgehead atoms. The molecule has 40 heavy (non-hydrogen) atoms. The number of halogens is 1. The van der Waals surface area contributed by atoms with E-state index in [1.807, 2.05) is 45.9 Å². The Morgan fingerprint density at radius 3 is 2.20 bits per heavy atom. The van der Waals surface area contributed by atoms with Gasteiger partial charge in [0, 0.05) is 17.6 Å². The number of amides is 2. The van der Waals surface area contributed by atoms with Crippen molar-refractivity contribution >= 4 is 39.1 Å². The number of methoxy groups -OCH3 is 1. The first-order valence-corrected chi connectivity index (χ1v) is 14.9.